The van der Waals surface area contributed by atoms with E-state index in [-0.39, 0.29) is 12.1 Å². The summed E-state index contributed by atoms with van der Waals surface area (Å²) < 4.78 is 0. The third-order valence-electron chi connectivity index (χ3n) is 3.00. The van der Waals surface area contributed by atoms with E-state index < -0.39 is 6.09 Å². The predicted molar refractivity (Wildman–Crippen MR) is 64.6 cm³/mol. The Labute approximate surface area is 100 Å². The Morgan fingerprint density at radius 1 is 1.41 bits per heavy atom. The van der Waals surface area contributed by atoms with Crippen LogP contribution in [0.2, 0.25) is 0 Å². The Kier molecular flexibility index (Phi) is 3.61. The summed E-state index contributed by atoms with van der Waals surface area (Å²) in [6, 6.07) is 9.79. The molecule has 1 heterocycles. The molecule has 5 heteroatoms. The minimum absolute atomic E-state index is 0.130. The molecule has 17 heavy (non-hydrogen) atoms. The van der Waals surface area contributed by atoms with Crippen molar-refractivity contribution in [2.24, 2.45) is 5.73 Å². The van der Waals surface area contributed by atoms with Crippen LogP contribution in [0.1, 0.15) is 5.56 Å². The fraction of sp³-hybridized carbons (Fsp3) is 0.417. The monoisotopic (exact) mass is 235 g/mol. The lowest BCUT2D eigenvalue weighted by Crippen LogP contribution is -2.46. The molecule has 1 fully saturated rings. The topological polar surface area (TPSA) is 78.6 Å². The molecule has 92 valence electrons. The van der Waals surface area contributed by atoms with Crippen LogP contribution in [0.3, 0.4) is 0 Å². The number of amides is 1. The molecule has 0 bridgehead atoms. The summed E-state index contributed by atoms with van der Waals surface area (Å²) in [6.45, 7) is 2.20. The van der Waals surface area contributed by atoms with Crippen molar-refractivity contribution in [3.05, 3.63) is 35.9 Å². The van der Waals surface area contributed by atoms with E-state index in [2.05, 4.69) is 22.3 Å². The summed E-state index contributed by atoms with van der Waals surface area (Å²) in [4.78, 5) is 12.7. The van der Waals surface area contributed by atoms with Crippen LogP contribution in [0, 0.1) is 0 Å². The van der Waals surface area contributed by atoms with Crippen LogP contribution in [0.15, 0.2) is 30.3 Å². The molecular weight excluding hydrogens is 218 g/mol. The molecule has 2 rings (SSSR count). The van der Waals surface area contributed by atoms with Crippen LogP contribution < -0.4 is 11.1 Å². The molecule has 1 aromatic rings. The van der Waals surface area contributed by atoms with Crippen molar-refractivity contribution in [3.8, 4) is 0 Å². The maximum atomic E-state index is 10.6. The van der Waals surface area contributed by atoms with E-state index in [9.17, 15) is 4.79 Å². The first-order chi connectivity index (χ1) is 8.15. The van der Waals surface area contributed by atoms with Crippen molar-refractivity contribution in [2.75, 3.05) is 13.1 Å². The van der Waals surface area contributed by atoms with E-state index in [4.69, 9.17) is 10.8 Å². The van der Waals surface area contributed by atoms with E-state index in [1.165, 1.54) is 5.56 Å². The Hall–Kier alpha value is -1.59. The maximum absolute atomic E-state index is 10.6. The molecule has 1 aliphatic rings. The van der Waals surface area contributed by atoms with Gasteiger partial charge in [0.25, 0.3) is 0 Å². The number of hydrogen-bond acceptors (Lipinski definition) is 3. The van der Waals surface area contributed by atoms with E-state index in [0.717, 1.165) is 13.1 Å². The quantitative estimate of drug-likeness (QED) is 0.711. The van der Waals surface area contributed by atoms with Gasteiger partial charge in [0.2, 0.25) is 0 Å². The Bertz CT molecular complexity index is 383. The molecule has 0 unspecified atom stereocenters. The van der Waals surface area contributed by atoms with Crippen molar-refractivity contribution < 1.29 is 9.90 Å². The highest BCUT2D eigenvalue weighted by molar-refractivity contribution is 5.65. The highest BCUT2D eigenvalue weighted by atomic mass is 16.4. The lowest BCUT2D eigenvalue weighted by Gasteiger charge is -2.15. The van der Waals surface area contributed by atoms with Crippen molar-refractivity contribution in [1.29, 1.82) is 0 Å². The first-order valence-corrected chi connectivity index (χ1v) is 5.66. The number of likely N-dealkylation sites (tertiary alicyclic amines) is 1. The van der Waals surface area contributed by atoms with Crippen LogP contribution in [0.4, 0.5) is 4.79 Å². The summed E-state index contributed by atoms with van der Waals surface area (Å²) in [5.74, 6) is 0. The number of rotatable bonds is 3. The summed E-state index contributed by atoms with van der Waals surface area (Å²) in [6.07, 6.45) is -1.01. The molecule has 0 aliphatic carbocycles. The van der Waals surface area contributed by atoms with Gasteiger partial charge in [-0.1, -0.05) is 30.3 Å². The van der Waals surface area contributed by atoms with Crippen LogP contribution in [0.25, 0.3) is 0 Å². The first-order valence-electron chi connectivity index (χ1n) is 5.66. The zero-order valence-corrected chi connectivity index (χ0v) is 9.54. The summed E-state index contributed by atoms with van der Waals surface area (Å²) >= 11 is 0. The number of nitrogens with one attached hydrogen (secondary N) is 1. The van der Waals surface area contributed by atoms with Gasteiger partial charge in [-0.05, 0) is 5.56 Å². The number of carboxylic acid groups (broad SMARTS) is 1. The smallest absolute Gasteiger partial charge is 0.404 e. The van der Waals surface area contributed by atoms with E-state index in [0.29, 0.717) is 6.54 Å². The minimum atomic E-state index is -1.01. The molecule has 1 amide bonds. The number of nitrogens with zero attached hydrogens (tertiary/aromatic N) is 1. The van der Waals surface area contributed by atoms with E-state index >= 15 is 0 Å². The Balaban J connectivity index is 1.91. The van der Waals surface area contributed by atoms with Gasteiger partial charge in [-0.15, -0.1) is 0 Å². The van der Waals surface area contributed by atoms with Crippen molar-refractivity contribution in [3.63, 3.8) is 0 Å². The average Bonchev–Trinajstić information content (AvgIpc) is 2.59. The summed E-state index contributed by atoms with van der Waals surface area (Å²) in [5.41, 5.74) is 7.12. The number of hydrogen-bond donors (Lipinski definition) is 3. The molecule has 1 saturated heterocycles. The second-order valence-corrected chi connectivity index (χ2v) is 4.40. The zero-order chi connectivity index (χ0) is 12.3. The third kappa shape index (κ3) is 3.18. The highest BCUT2D eigenvalue weighted by Gasteiger charge is 2.30. The van der Waals surface area contributed by atoms with Crippen LogP contribution >= 0.6 is 0 Å². The number of nitrogens with two attached hydrogens (primary N) is 1. The molecule has 0 radical (unpaired) electrons. The Morgan fingerprint density at radius 2 is 2.12 bits per heavy atom. The normalized spacial score (nSPS) is 24.8. The van der Waals surface area contributed by atoms with Gasteiger partial charge in [-0.25, -0.2) is 4.79 Å². The highest BCUT2D eigenvalue weighted by Crippen LogP contribution is 2.12. The first kappa shape index (κ1) is 11.9. The molecule has 0 saturated carbocycles. The van der Waals surface area contributed by atoms with Gasteiger partial charge in [-0.2, -0.15) is 0 Å². The SMILES string of the molecule is N[C@H]1CN(Cc2ccccc2)C[C@@H]1NC(=O)O. The molecule has 2 atom stereocenters. The van der Waals surface area contributed by atoms with E-state index in [1.54, 1.807) is 0 Å². The second-order valence-electron chi connectivity index (χ2n) is 4.40. The predicted octanol–water partition coefficient (Wildman–Crippen LogP) is 0.466. The van der Waals surface area contributed by atoms with Gasteiger partial charge < -0.3 is 16.2 Å². The maximum Gasteiger partial charge on any atom is 0.404 e. The van der Waals surface area contributed by atoms with Crippen LogP contribution in [0.5, 0.6) is 0 Å². The lowest BCUT2D eigenvalue weighted by molar-refractivity contribution is 0.188. The third-order valence-corrected chi connectivity index (χ3v) is 3.00. The molecule has 0 spiro atoms. The van der Waals surface area contributed by atoms with Gasteiger partial charge in [0, 0.05) is 25.7 Å². The molecule has 1 aliphatic heterocycles. The van der Waals surface area contributed by atoms with Gasteiger partial charge >= 0.3 is 6.09 Å². The van der Waals surface area contributed by atoms with Gasteiger partial charge in [0.05, 0.1) is 6.04 Å². The van der Waals surface area contributed by atoms with Crippen molar-refractivity contribution in [1.82, 2.24) is 10.2 Å². The number of carbonyl (C=O) groups is 1. The van der Waals surface area contributed by atoms with E-state index in [1.807, 2.05) is 18.2 Å². The fourth-order valence-corrected chi connectivity index (χ4v) is 2.20. The summed E-state index contributed by atoms with van der Waals surface area (Å²) in [7, 11) is 0. The lowest BCUT2D eigenvalue weighted by atomic mass is 10.2. The molecule has 4 N–H and O–H groups in total. The van der Waals surface area contributed by atoms with Crippen LogP contribution in [-0.4, -0.2) is 41.3 Å². The zero-order valence-electron chi connectivity index (χ0n) is 9.54. The fourth-order valence-electron chi connectivity index (χ4n) is 2.20. The van der Waals surface area contributed by atoms with Gasteiger partial charge in [0.1, 0.15) is 0 Å². The Morgan fingerprint density at radius 3 is 2.76 bits per heavy atom. The van der Waals surface area contributed by atoms with Crippen molar-refractivity contribution in [2.45, 2.75) is 18.6 Å². The summed E-state index contributed by atoms with van der Waals surface area (Å²) in [5, 5.41) is 11.1. The minimum Gasteiger partial charge on any atom is -0.465 e. The second kappa shape index (κ2) is 5.16. The number of benzene rings is 1. The van der Waals surface area contributed by atoms with Crippen molar-refractivity contribution >= 4 is 6.09 Å². The molecule has 0 aromatic heterocycles. The molecular formula is C12H17N3O2. The largest absolute Gasteiger partial charge is 0.465 e. The van der Waals surface area contributed by atoms with Gasteiger partial charge in [-0.3, -0.25) is 4.90 Å². The average molecular weight is 235 g/mol. The standard InChI is InChI=1S/C12H17N3O2/c13-10-7-15(8-11(10)14-12(16)17)6-9-4-2-1-3-5-9/h1-5,10-11,14H,6-8,13H2,(H,16,17)/t10-,11-/m0/s1. The van der Waals surface area contributed by atoms with Gasteiger partial charge in [0.15, 0.2) is 0 Å². The molecule has 5 nitrogen and oxygen atoms in total. The molecule has 1 aromatic carbocycles. The van der Waals surface area contributed by atoms with Crippen LogP contribution in [-0.2, 0) is 6.54 Å².